The Bertz CT molecular complexity index is 804. The predicted molar refractivity (Wildman–Crippen MR) is 110 cm³/mol. The van der Waals surface area contributed by atoms with Crippen LogP contribution in [0.2, 0.25) is 5.02 Å². The molecule has 0 bridgehead atoms. The molecule has 0 aromatic heterocycles. The Morgan fingerprint density at radius 3 is 2.41 bits per heavy atom. The van der Waals surface area contributed by atoms with Crippen LogP contribution in [0.15, 0.2) is 53.5 Å². The minimum absolute atomic E-state index is 0.260. The van der Waals surface area contributed by atoms with E-state index in [-0.39, 0.29) is 5.91 Å². The zero-order valence-corrected chi connectivity index (χ0v) is 16.3. The van der Waals surface area contributed by atoms with E-state index in [1.54, 1.807) is 7.05 Å². The highest BCUT2D eigenvalue weighted by Gasteiger charge is 2.19. The van der Waals surface area contributed by atoms with Crippen molar-refractivity contribution in [2.75, 3.05) is 13.6 Å². The molecule has 0 saturated carbocycles. The number of nitrogens with zero attached hydrogens (tertiary/aromatic N) is 2. The van der Waals surface area contributed by atoms with Gasteiger partial charge in [-0.2, -0.15) is 0 Å². The number of guanidine groups is 1. The molecule has 27 heavy (non-hydrogen) atoms. The van der Waals surface area contributed by atoms with Crippen LogP contribution in [0.4, 0.5) is 0 Å². The number of halogens is 1. The Balaban J connectivity index is 1.47. The van der Waals surface area contributed by atoms with Gasteiger partial charge in [0.05, 0.1) is 0 Å². The van der Waals surface area contributed by atoms with Gasteiger partial charge in [-0.05, 0) is 35.2 Å². The number of aliphatic imine (C=N–C) groups is 1. The molecule has 6 heteroatoms. The first kappa shape index (κ1) is 19.2. The molecule has 1 aliphatic rings. The van der Waals surface area contributed by atoms with Crippen LogP contribution in [0.25, 0.3) is 0 Å². The van der Waals surface area contributed by atoms with E-state index in [9.17, 15) is 4.79 Å². The van der Waals surface area contributed by atoms with E-state index in [0.717, 1.165) is 40.6 Å². The van der Waals surface area contributed by atoms with Crippen molar-refractivity contribution in [1.29, 1.82) is 0 Å². The Labute approximate surface area is 165 Å². The first-order valence-corrected chi connectivity index (χ1v) is 9.56. The molecular formula is C21H25ClN4O. The fourth-order valence-electron chi connectivity index (χ4n) is 3.09. The van der Waals surface area contributed by atoms with E-state index >= 15 is 0 Å². The van der Waals surface area contributed by atoms with Crippen LogP contribution >= 0.6 is 11.6 Å². The third-order valence-electron chi connectivity index (χ3n) is 4.60. The average Bonchev–Trinajstić information content (AvgIpc) is 3.08. The first-order chi connectivity index (χ1) is 13.1. The molecule has 1 heterocycles. The molecule has 142 valence electrons. The molecular weight excluding hydrogens is 360 g/mol. The summed E-state index contributed by atoms with van der Waals surface area (Å²) in [5.74, 6) is 0.997. The number of amides is 1. The van der Waals surface area contributed by atoms with Crippen LogP contribution in [0, 0.1) is 0 Å². The molecule has 2 aromatic rings. The highest BCUT2D eigenvalue weighted by molar-refractivity contribution is 6.30. The van der Waals surface area contributed by atoms with Crippen LogP contribution in [-0.4, -0.2) is 30.4 Å². The molecule has 1 saturated heterocycles. The number of hydrogen-bond acceptors (Lipinski definition) is 2. The van der Waals surface area contributed by atoms with Gasteiger partial charge in [-0.3, -0.25) is 9.79 Å². The van der Waals surface area contributed by atoms with Crippen molar-refractivity contribution < 1.29 is 4.79 Å². The fourth-order valence-corrected chi connectivity index (χ4v) is 3.31. The fraction of sp³-hybridized carbons (Fsp3) is 0.333. The number of nitrogens with one attached hydrogen (secondary N) is 2. The van der Waals surface area contributed by atoms with Crippen LogP contribution < -0.4 is 10.6 Å². The Morgan fingerprint density at radius 1 is 1.07 bits per heavy atom. The SMILES string of the molecule is CN=C(NCc1ccc(CN2CCCC2=O)cc1)NCc1cccc(Cl)c1. The van der Waals surface area contributed by atoms with Crippen molar-refractivity contribution in [3.05, 3.63) is 70.2 Å². The molecule has 1 amide bonds. The summed E-state index contributed by atoms with van der Waals surface area (Å²) >= 11 is 6.01. The van der Waals surface area contributed by atoms with Gasteiger partial charge < -0.3 is 15.5 Å². The van der Waals surface area contributed by atoms with Crippen molar-refractivity contribution in [1.82, 2.24) is 15.5 Å². The lowest BCUT2D eigenvalue weighted by Crippen LogP contribution is -2.36. The lowest BCUT2D eigenvalue weighted by atomic mass is 10.1. The van der Waals surface area contributed by atoms with Gasteiger partial charge in [0.25, 0.3) is 0 Å². The Kier molecular flexibility index (Phi) is 6.71. The highest BCUT2D eigenvalue weighted by Crippen LogP contribution is 2.15. The molecule has 0 aliphatic carbocycles. The first-order valence-electron chi connectivity index (χ1n) is 9.18. The number of carbonyl (C=O) groups excluding carboxylic acids is 1. The van der Waals surface area contributed by atoms with Crippen LogP contribution in [0.3, 0.4) is 0 Å². The molecule has 0 spiro atoms. The average molecular weight is 385 g/mol. The zero-order valence-electron chi connectivity index (χ0n) is 15.5. The van der Waals surface area contributed by atoms with Crippen molar-refractivity contribution >= 4 is 23.5 Å². The molecule has 0 radical (unpaired) electrons. The number of rotatable bonds is 6. The van der Waals surface area contributed by atoms with Gasteiger partial charge in [0.1, 0.15) is 0 Å². The Morgan fingerprint density at radius 2 is 1.78 bits per heavy atom. The number of benzene rings is 2. The van der Waals surface area contributed by atoms with Crippen molar-refractivity contribution in [2.45, 2.75) is 32.5 Å². The van der Waals surface area contributed by atoms with Gasteiger partial charge in [-0.1, -0.05) is 48.0 Å². The minimum atomic E-state index is 0.260. The van der Waals surface area contributed by atoms with Gasteiger partial charge in [0.2, 0.25) is 5.91 Å². The largest absolute Gasteiger partial charge is 0.352 e. The monoisotopic (exact) mass is 384 g/mol. The molecule has 2 N–H and O–H groups in total. The maximum Gasteiger partial charge on any atom is 0.222 e. The molecule has 2 aromatic carbocycles. The van der Waals surface area contributed by atoms with Crippen LogP contribution in [0.1, 0.15) is 29.5 Å². The summed E-state index contributed by atoms with van der Waals surface area (Å²) in [5, 5.41) is 7.32. The standard InChI is InChI=1S/C21H25ClN4O/c1-23-21(25-14-18-4-2-5-19(22)12-18)24-13-16-7-9-17(10-8-16)15-26-11-3-6-20(26)27/h2,4-5,7-10,12H,3,6,11,13-15H2,1H3,(H2,23,24,25). The van der Waals surface area contributed by atoms with Gasteiger partial charge in [0, 0.05) is 44.7 Å². The summed E-state index contributed by atoms with van der Waals surface area (Å²) in [7, 11) is 1.75. The third kappa shape index (κ3) is 5.73. The zero-order chi connectivity index (χ0) is 19.1. The predicted octanol–water partition coefficient (Wildman–Crippen LogP) is 3.33. The van der Waals surface area contributed by atoms with Gasteiger partial charge in [-0.25, -0.2) is 0 Å². The van der Waals surface area contributed by atoms with Crippen LogP contribution in [0.5, 0.6) is 0 Å². The van der Waals surface area contributed by atoms with E-state index in [2.05, 4.69) is 39.9 Å². The minimum Gasteiger partial charge on any atom is -0.352 e. The maximum absolute atomic E-state index is 11.7. The van der Waals surface area contributed by atoms with E-state index in [4.69, 9.17) is 11.6 Å². The van der Waals surface area contributed by atoms with Crippen molar-refractivity contribution in [3.63, 3.8) is 0 Å². The molecule has 5 nitrogen and oxygen atoms in total. The molecule has 0 atom stereocenters. The molecule has 1 fully saturated rings. The summed E-state index contributed by atoms with van der Waals surface area (Å²) < 4.78 is 0. The van der Waals surface area contributed by atoms with Crippen molar-refractivity contribution in [2.24, 2.45) is 4.99 Å². The Hall–Kier alpha value is -2.53. The topological polar surface area (TPSA) is 56.7 Å². The normalized spacial score (nSPS) is 14.5. The smallest absolute Gasteiger partial charge is 0.222 e. The second-order valence-corrected chi connectivity index (χ2v) is 7.08. The van der Waals surface area contributed by atoms with E-state index < -0.39 is 0 Å². The van der Waals surface area contributed by atoms with E-state index in [1.807, 2.05) is 29.2 Å². The highest BCUT2D eigenvalue weighted by atomic mass is 35.5. The lowest BCUT2D eigenvalue weighted by molar-refractivity contribution is -0.128. The second kappa shape index (κ2) is 9.42. The van der Waals surface area contributed by atoms with Gasteiger partial charge >= 0.3 is 0 Å². The van der Waals surface area contributed by atoms with Crippen LogP contribution in [-0.2, 0) is 24.4 Å². The summed E-state index contributed by atoms with van der Waals surface area (Å²) in [6.45, 7) is 2.91. The quantitative estimate of drug-likeness (QED) is 0.593. The second-order valence-electron chi connectivity index (χ2n) is 6.64. The summed E-state index contributed by atoms with van der Waals surface area (Å²) in [4.78, 5) is 17.9. The molecule has 3 rings (SSSR count). The van der Waals surface area contributed by atoms with Gasteiger partial charge in [-0.15, -0.1) is 0 Å². The number of hydrogen-bond donors (Lipinski definition) is 2. The van der Waals surface area contributed by atoms with E-state index in [1.165, 1.54) is 0 Å². The van der Waals surface area contributed by atoms with E-state index in [0.29, 0.717) is 26.1 Å². The van der Waals surface area contributed by atoms with Gasteiger partial charge in [0.15, 0.2) is 5.96 Å². The summed E-state index contributed by atoms with van der Waals surface area (Å²) in [6.07, 6.45) is 1.66. The molecule has 0 unspecified atom stereocenters. The number of likely N-dealkylation sites (tertiary alicyclic amines) is 1. The number of carbonyl (C=O) groups is 1. The maximum atomic E-state index is 11.7. The summed E-state index contributed by atoms with van der Waals surface area (Å²) in [5.41, 5.74) is 3.43. The lowest BCUT2D eigenvalue weighted by Gasteiger charge is -2.16. The van der Waals surface area contributed by atoms with Crippen molar-refractivity contribution in [3.8, 4) is 0 Å². The summed E-state index contributed by atoms with van der Waals surface area (Å²) in [6, 6.07) is 16.1. The third-order valence-corrected chi connectivity index (χ3v) is 4.84. The molecule has 1 aliphatic heterocycles.